The Bertz CT molecular complexity index is 1610. The summed E-state index contributed by atoms with van der Waals surface area (Å²) in [5, 5.41) is 10.2. The van der Waals surface area contributed by atoms with Crippen LogP contribution in [0.25, 0.3) is 22.6 Å². The normalized spacial score (nSPS) is 17.7. The predicted octanol–water partition coefficient (Wildman–Crippen LogP) is 1.95. The fraction of sp³-hybridized carbons (Fsp3) is 0.280. The van der Waals surface area contributed by atoms with E-state index in [4.69, 9.17) is 9.47 Å². The Kier molecular flexibility index (Phi) is 5.71. The monoisotopic (exact) mass is 521 g/mol. The van der Waals surface area contributed by atoms with Crippen LogP contribution in [0.4, 0.5) is 14.6 Å². The molecule has 13 heteroatoms. The number of amides is 2. The molecule has 0 spiro atoms. The molecule has 0 saturated carbocycles. The molecular formula is C25H21F2N7O4. The lowest BCUT2D eigenvalue weighted by atomic mass is 9.77. The van der Waals surface area contributed by atoms with Gasteiger partial charge in [-0.1, -0.05) is 18.2 Å². The van der Waals surface area contributed by atoms with E-state index in [9.17, 15) is 18.4 Å². The third-order valence-electron chi connectivity index (χ3n) is 6.66. The van der Waals surface area contributed by atoms with Crippen LogP contribution in [0.5, 0.6) is 5.88 Å². The number of ether oxygens (including phenoxy) is 2. The van der Waals surface area contributed by atoms with E-state index in [-0.39, 0.29) is 66.9 Å². The topological polar surface area (TPSA) is 133 Å². The third-order valence-corrected chi connectivity index (χ3v) is 6.66. The number of hydrogen-bond donors (Lipinski definition) is 2. The highest BCUT2D eigenvalue weighted by molar-refractivity contribution is 6.21. The predicted molar refractivity (Wildman–Crippen MR) is 129 cm³/mol. The second kappa shape index (κ2) is 9.10. The van der Waals surface area contributed by atoms with Crippen molar-refractivity contribution in [2.75, 3.05) is 32.2 Å². The molecule has 4 aromatic rings. The number of aromatic nitrogens is 5. The van der Waals surface area contributed by atoms with E-state index in [1.165, 1.54) is 23.9 Å². The molecule has 0 bridgehead atoms. The highest BCUT2D eigenvalue weighted by Gasteiger charge is 2.58. The molecule has 2 N–H and O–H groups in total. The minimum absolute atomic E-state index is 0.0254. The van der Waals surface area contributed by atoms with Gasteiger partial charge in [-0.2, -0.15) is 10.1 Å². The molecule has 3 aromatic heterocycles. The average Bonchev–Trinajstić information content (AvgIpc) is 3.41. The highest BCUT2D eigenvalue weighted by atomic mass is 19.1. The van der Waals surface area contributed by atoms with Gasteiger partial charge in [-0.15, -0.1) is 0 Å². The summed E-state index contributed by atoms with van der Waals surface area (Å²) in [5.41, 5.74) is -0.493. The molecule has 2 aliphatic heterocycles. The summed E-state index contributed by atoms with van der Waals surface area (Å²) in [5.74, 6) is -1.88. The number of methoxy groups -OCH3 is 1. The molecule has 1 aromatic carbocycles. The molecule has 0 saturated heterocycles. The molecule has 6 rings (SSSR count). The molecule has 11 nitrogen and oxygen atoms in total. The van der Waals surface area contributed by atoms with Crippen LogP contribution < -0.4 is 15.4 Å². The zero-order chi connectivity index (χ0) is 26.4. The second-order valence-electron chi connectivity index (χ2n) is 8.90. The van der Waals surface area contributed by atoms with E-state index in [2.05, 4.69) is 30.7 Å². The van der Waals surface area contributed by atoms with Crippen molar-refractivity contribution in [2.24, 2.45) is 0 Å². The molecule has 2 amide bonds. The molecular weight excluding hydrogens is 500 g/mol. The zero-order valence-corrected chi connectivity index (χ0v) is 20.1. The van der Waals surface area contributed by atoms with Gasteiger partial charge in [-0.25, -0.2) is 23.4 Å². The molecule has 0 aliphatic carbocycles. The van der Waals surface area contributed by atoms with Gasteiger partial charge in [0, 0.05) is 25.6 Å². The number of carbonyl (C=O) groups excluding carboxylic acids is 2. The van der Waals surface area contributed by atoms with Crippen LogP contribution in [-0.2, 0) is 26.3 Å². The Morgan fingerprint density at radius 3 is 2.95 bits per heavy atom. The summed E-state index contributed by atoms with van der Waals surface area (Å²) < 4.78 is 40.8. The van der Waals surface area contributed by atoms with E-state index in [1.807, 2.05) is 0 Å². The lowest BCUT2D eigenvalue weighted by Crippen LogP contribution is -2.52. The maximum atomic E-state index is 14.4. The van der Waals surface area contributed by atoms with Crippen molar-refractivity contribution in [3.05, 3.63) is 59.3 Å². The van der Waals surface area contributed by atoms with E-state index in [0.717, 1.165) is 6.20 Å². The fourth-order valence-corrected chi connectivity index (χ4v) is 4.84. The molecule has 0 fully saturated rings. The first-order chi connectivity index (χ1) is 18.4. The van der Waals surface area contributed by atoms with Crippen LogP contribution in [0, 0.1) is 11.6 Å². The standard InChI is InChI=1S/C25H21F2N7O4/c1-37-9-7-28-23(35)25-6-8-38-22-17(25)19(32-24(25)36)30-20(31-22)18-15-10-14(26)11-29-21(15)34(33-18)12-13-4-2-3-5-16(13)27/h2-5,10-11H,6-9,12H2,1H3,(H,28,35)(H,30,31,32,36)/t25-/m1/s1. The number of pyridine rings is 1. The highest BCUT2D eigenvalue weighted by Crippen LogP contribution is 2.48. The maximum absolute atomic E-state index is 14.4. The molecule has 5 heterocycles. The van der Waals surface area contributed by atoms with Gasteiger partial charge in [0.15, 0.2) is 16.9 Å². The van der Waals surface area contributed by atoms with Crippen LogP contribution in [0.1, 0.15) is 17.5 Å². The molecule has 1 atom stereocenters. The first-order valence-corrected chi connectivity index (χ1v) is 11.8. The van der Waals surface area contributed by atoms with Crippen molar-refractivity contribution in [3.8, 4) is 17.4 Å². The number of halogens is 2. The SMILES string of the molecule is COCCNC(=O)[C@@]12CCOc3nc(-c4nn(Cc5ccccc5F)c5ncc(F)cc45)nc(c31)NC2=O. The minimum Gasteiger partial charge on any atom is -0.477 e. The summed E-state index contributed by atoms with van der Waals surface area (Å²) in [4.78, 5) is 39.4. The first kappa shape index (κ1) is 23.9. The molecule has 38 heavy (non-hydrogen) atoms. The van der Waals surface area contributed by atoms with Crippen LogP contribution in [-0.4, -0.2) is 63.4 Å². The Balaban J connectivity index is 1.46. The van der Waals surface area contributed by atoms with Gasteiger partial charge >= 0.3 is 0 Å². The van der Waals surface area contributed by atoms with E-state index in [0.29, 0.717) is 11.2 Å². The second-order valence-corrected chi connectivity index (χ2v) is 8.90. The van der Waals surface area contributed by atoms with Gasteiger partial charge in [0.05, 0.1) is 36.9 Å². The third kappa shape index (κ3) is 3.65. The van der Waals surface area contributed by atoms with E-state index < -0.39 is 28.9 Å². The molecule has 0 unspecified atom stereocenters. The van der Waals surface area contributed by atoms with Crippen molar-refractivity contribution in [1.82, 2.24) is 30.0 Å². The quantitative estimate of drug-likeness (QED) is 0.279. The maximum Gasteiger partial charge on any atom is 0.246 e. The number of benzene rings is 1. The molecule has 194 valence electrons. The van der Waals surface area contributed by atoms with Gasteiger partial charge in [0.2, 0.25) is 17.7 Å². The molecule has 0 radical (unpaired) electrons. The number of nitrogens with one attached hydrogen (secondary N) is 2. The van der Waals surface area contributed by atoms with Crippen LogP contribution in [0.3, 0.4) is 0 Å². The fourth-order valence-electron chi connectivity index (χ4n) is 4.84. The number of carbonyl (C=O) groups is 2. The van der Waals surface area contributed by atoms with Gasteiger partial charge in [0.25, 0.3) is 0 Å². The zero-order valence-electron chi connectivity index (χ0n) is 20.1. The minimum atomic E-state index is -1.55. The van der Waals surface area contributed by atoms with Gasteiger partial charge < -0.3 is 20.1 Å². The Morgan fingerprint density at radius 2 is 2.13 bits per heavy atom. The number of rotatable bonds is 7. The van der Waals surface area contributed by atoms with Crippen molar-refractivity contribution in [2.45, 2.75) is 18.4 Å². The summed E-state index contributed by atoms with van der Waals surface area (Å²) in [6.07, 6.45) is 1.15. The number of hydrogen-bond acceptors (Lipinski definition) is 8. The van der Waals surface area contributed by atoms with E-state index in [1.54, 1.807) is 18.2 Å². The number of fused-ring (bicyclic) bond motifs is 1. The van der Waals surface area contributed by atoms with Gasteiger partial charge in [-0.3, -0.25) is 9.59 Å². The lowest BCUT2D eigenvalue weighted by Gasteiger charge is -2.30. The average molecular weight is 521 g/mol. The number of anilines is 1. The number of nitrogens with zero attached hydrogens (tertiary/aromatic N) is 5. The summed E-state index contributed by atoms with van der Waals surface area (Å²) in [7, 11) is 1.51. The smallest absolute Gasteiger partial charge is 0.246 e. The first-order valence-electron chi connectivity index (χ1n) is 11.8. The summed E-state index contributed by atoms with van der Waals surface area (Å²) in [6, 6.07) is 7.46. The lowest BCUT2D eigenvalue weighted by molar-refractivity contribution is -0.136. The Labute approximate surface area is 214 Å². The van der Waals surface area contributed by atoms with Crippen molar-refractivity contribution in [3.63, 3.8) is 0 Å². The van der Waals surface area contributed by atoms with Crippen molar-refractivity contribution in [1.29, 1.82) is 0 Å². The Morgan fingerprint density at radius 1 is 1.29 bits per heavy atom. The molecule has 2 aliphatic rings. The van der Waals surface area contributed by atoms with E-state index >= 15 is 0 Å². The van der Waals surface area contributed by atoms with Crippen LogP contribution in [0.15, 0.2) is 36.5 Å². The van der Waals surface area contributed by atoms with Crippen molar-refractivity contribution >= 4 is 28.7 Å². The van der Waals surface area contributed by atoms with Crippen LogP contribution in [0.2, 0.25) is 0 Å². The largest absolute Gasteiger partial charge is 0.477 e. The van der Waals surface area contributed by atoms with Crippen LogP contribution >= 0.6 is 0 Å². The summed E-state index contributed by atoms with van der Waals surface area (Å²) >= 11 is 0. The Hall–Kier alpha value is -4.52. The van der Waals surface area contributed by atoms with Gasteiger partial charge in [-0.05, 0) is 12.1 Å². The van der Waals surface area contributed by atoms with Crippen molar-refractivity contribution < 1.29 is 27.8 Å². The summed E-state index contributed by atoms with van der Waals surface area (Å²) in [6.45, 7) is 0.589. The van der Waals surface area contributed by atoms with Gasteiger partial charge in [0.1, 0.15) is 23.1 Å².